The molecule has 31 heavy (non-hydrogen) atoms. The van der Waals surface area contributed by atoms with Crippen LogP contribution in [0.25, 0.3) is 0 Å². The van der Waals surface area contributed by atoms with Crippen LogP contribution in [0.5, 0.6) is 0 Å². The van der Waals surface area contributed by atoms with Gasteiger partial charge in [0.05, 0.1) is 15.5 Å². The number of rotatable bonds is 6. The molecule has 1 N–H and O–H groups in total. The molecule has 0 saturated carbocycles. The fourth-order valence-electron chi connectivity index (χ4n) is 3.31. The van der Waals surface area contributed by atoms with Crippen LogP contribution in [0.2, 0.25) is 0 Å². The van der Waals surface area contributed by atoms with Gasteiger partial charge in [0.25, 0.3) is 20.0 Å². The van der Waals surface area contributed by atoms with E-state index in [9.17, 15) is 21.2 Å². The van der Waals surface area contributed by atoms with Gasteiger partial charge in [0, 0.05) is 12.7 Å². The number of nitrogens with one attached hydrogen (secondary N) is 1. The quantitative estimate of drug-likeness (QED) is 0.589. The van der Waals surface area contributed by atoms with E-state index in [-0.39, 0.29) is 26.7 Å². The fourth-order valence-corrected chi connectivity index (χ4v) is 5.93. The van der Waals surface area contributed by atoms with Crippen molar-refractivity contribution in [2.45, 2.75) is 30.6 Å². The molecule has 3 aromatic rings. The van der Waals surface area contributed by atoms with Crippen LogP contribution in [0.15, 0.2) is 70.5 Å². The van der Waals surface area contributed by atoms with Gasteiger partial charge in [-0.05, 0) is 74.4 Å². The van der Waals surface area contributed by atoms with E-state index in [4.69, 9.17) is 0 Å². The molecule has 6 nitrogen and oxygen atoms in total. The van der Waals surface area contributed by atoms with Crippen LogP contribution in [-0.2, 0) is 20.0 Å². The van der Waals surface area contributed by atoms with E-state index in [1.54, 1.807) is 32.0 Å². The van der Waals surface area contributed by atoms with Gasteiger partial charge in [-0.15, -0.1) is 0 Å². The lowest BCUT2D eigenvalue weighted by atomic mass is 10.1. The molecule has 3 rings (SSSR count). The predicted molar refractivity (Wildman–Crippen MR) is 120 cm³/mol. The molecule has 0 aliphatic heterocycles. The van der Waals surface area contributed by atoms with Crippen molar-refractivity contribution in [3.05, 3.63) is 83.2 Å². The molecule has 0 radical (unpaired) electrons. The van der Waals surface area contributed by atoms with Crippen molar-refractivity contribution in [1.29, 1.82) is 0 Å². The molecule has 0 fully saturated rings. The molecular formula is C22H23FN2O4S2. The first-order valence-electron chi connectivity index (χ1n) is 9.37. The SMILES string of the molecule is Cc1ccc(S(=O)(=O)N(C)c2c(C)ccc(S(=O)(=O)Nc3ccc(F)cc3)c2C)cc1. The minimum absolute atomic E-state index is 0.0663. The second kappa shape index (κ2) is 8.32. The monoisotopic (exact) mass is 462 g/mol. The lowest BCUT2D eigenvalue weighted by Crippen LogP contribution is -2.28. The van der Waals surface area contributed by atoms with E-state index in [0.717, 1.165) is 22.0 Å². The first kappa shape index (κ1) is 22.8. The topological polar surface area (TPSA) is 83.6 Å². The summed E-state index contributed by atoms with van der Waals surface area (Å²) in [7, 11) is -6.55. The Balaban J connectivity index is 2.06. The van der Waals surface area contributed by atoms with Crippen molar-refractivity contribution in [2.24, 2.45) is 0 Å². The second-order valence-electron chi connectivity index (χ2n) is 7.25. The van der Waals surface area contributed by atoms with Gasteiger partial charge in [-0.25, -0.2) is 21.2 Å². The molecule has 0 bridgehead atoms. The van der Waals surface area contributed by atoms with E-state index < -0.39 is 25.9 Å². The summed E-state index contributed by atoms with van der Waals surface area (Å²) in [6, 6.07) is 14.3. The third-order valence-corrected chi connectivity index (χ3v) is 8.26. The third kappa shape index (κ3) is 4.57. The number of nitrogens with zero attached hydrogens (tertiary/aromatic N) is 1. The van der Waals surface area contributed by atoms with Gasteiger partial charge in [-0.1, -0.05) is 23.8 Å². The van der Waals surface area contributed by atoms with Gasteiger partial charge < -0.3 is 0 Å². The first-order valence-corrected chi connectivity index (χ1v) is 12.3. The van der Waals surface area contributed by atoms with Gasteiger partial charge in [0.1, 0.15) is 5.82 Å². The van der Waals surface area contributed by atoms with E-state index in [2.05, 4.69) is 4.72 Å². The van der Waals surface area contributed by atoms with Crippen molar-refractivity contribution >= 4 is 31.4 Å². The molecule has 0 unspecified atom stereocenters. The largest absolute Gasteiger partial charge is 0.280 e. The summed E-state index contributed by atoms with van der Waals surface area (Å²) in [6.07, 6.45) is 0. The Kier molecular flexibility index (Phi) is 6.11. The second-order valence-corrected chi connectivity index (χ2v) is 10.9. The molecule has 0 spiro atoms. The van der Waals surface area contributed by atoms with Crippen LogP contribution in [0.4, 0.5) is 15.8 Å². The summed E-state index contributed by atoms with van der Waals surface area (Å²) in [6.45, 7) is 5.13. The molecule has 0 aliphatic rings. The third-order valence-electron chi connectivity index (χ3n) is 4.96. The zero-order chi connectivity index (χ0) is 23.0. The van der Waals surface area contributed by atoms with Crippen LogP contribution in [0, 0.1) is 26.6 Å². The Labute approximate surface area is 182 Å². The average Bonchev–Trinajstić information content (AvgIpc) is 2.69. The lowest BCUT2D eigenvalue weighted by molar-refractivity contribution is 0.592. The number of benzene rings is 3. The van der Waals surface area contributed by atoms with Crippen LogP contribution in [0.1, 0.15) is 16.7 Å². The predicted octanol–water partition coefficient (Wildman–Crippen LogP) is 4.38. The zero-order valence-corrected chi connectivity index (χ0v) is 19.2. The lowest BCUT2D eigenvalue weighted by Gasteiger charge is -2.25. The van der Waals surface area contributed by atoms with Crippen LogP contribution < -0.4 is 9.03 Å². The van der Waals surface area contributed by atoms with Crippen molar-refractivity contribution < 1.29 is 21.2 Å². The Morgan fingerprint density at radius 3 is 1.97 bits per heavy atom. The van der Waals surface area contributed by atoms with Crippen molar-refractivity contribution in [3.63, 3.8) is 0 Å². The van der Waals surface area contributed by atoms with Crippen LogP contribution in [-0.4, -0.2) is 23.9 Å². The number of halogens is 1. The highest BCUT2D eigenvalue weighted by atomic mass is 32.2. The fraction of sp³-hybridized carbons (Fsp3) is 0.182. The van der Waals surface area contributed by atoms with Crippen molar-refractivity contribution in [1.82, 2.24) is 0 Å². The standard InChI is InChI=1S/C22H23FN2O4S2/c1-15-5-12-20(13-6-15)31(28,29)25(4)22-16(2)7-14-21(17(22)3)30(26,27)24-19-10-8-18(23)9-11-19/h5-14,24H,1-4H3. The van der Waals surface area contributed by atoms with Crippen molar-refractivity contribution in [3.8, 4) is 0 Å². The maximum atomic E-state index is 13.2. The normalized spacial score (nSPS) is 11.9. The Morgan fingerprint density at radius 1 is 0.806 bits per heavy atom. The first-order chi connectivity index (χ1) is 14.4. The molecule has 0 heterocycles. The van der Waals surface area contributed by atoms with E-state index in [0.29, 0.717) is 5.56 Å². The summed E-state index contributed by atoms with van der Waals surface area (Å²) in [4.78, 5) is 0.0421. The minimum atomic E-state index is -4.04. The van der Waals surface area contributed by atoms with Gasteiger partial charge >= 0.3 is 0 Å². The van der Waals surface area contributed by atoms with E-state index in [1.165, 1.54) is 37.4 Å². The van der Waals surface area contributed by atoms with Crippen LogP contribution >= 0.6 is 0 Å². The molecule has 0 aliphatic carbocycles. The molecule has 9 heteroatoms. The molecule has 0 aromatic heterocycles. The van der Waals surface area contributed by atoms with Gasteiger partial charge in [0.15, 0.2) is 0 Å². The molecule has 0 saturated heterocycles. The highest BCUT2D eigenvalue weighted by Crippen LogP contribution is 2.33. The number of hydrogen-bond donors (Lipinski definition) is 1. The average molecular weight is 463 g/mol. The van der Waals surface area contributed by atoms with Crippen LogP contribution in [0.3, 0.4) is 0 Å². The van der Waals surface area contributed by atoms with E-state index >= 15 is 0 Å². The van der Waals surface area contributed by atoms with Gasteiger partial charge in [0.2, 0.25) is 0 Å². The number of hydrogen-bond acceptors (Lipinski definition) is 4. The summed E-state index contributed by atoms with van der Waals surface area (Å²) in [5.74, 6) is -0.486. The molecule has 0 atom stereocenters. The highest BCUT2D eigenvalue weighted by molar-refractivity contribution is 7.93. The summed E-state index contributed by atoms with van der Waals surface area (Å²) in [5.41, 5.74) is 2.30. The van der Waals surface area contributed by atoms with Crippen molar-refractivity contribution in [2.75, 3.05) is 16.1 Å². The molecule has 0 amide bonds. The molecule has 164 valence electrons. The summed E-state index contributed by atoms with van der Waals surface area (Å²) in [5, 5.41) is 0. The van der Waals surface area contributed by atoms with Gasteiger partial charge in [-0.3, -0.25) is 9.03 Å². The highest BCUT2D eigenvalue weighted by Gasteiger charge is 2.27. The Hall–Kier alpha value is -2.91. The zero-order valence-electron chi connectivity index (χ0n) is 17.5. The Bertz CT molecular complexity index is 1320. The van der Waals surface area contributed by atoms with E-state index in [1.807, 2.05) is 6.92 Å². The van der Waals surface area contributed by atoms with Gasteiger partial charge in [-0.2, -0.15) is 0 Å². The summed E-state index contributed by atoms with van der Waals surface area (Å²) >= 11 is 0. The number of anilines is 2. The maximum Gasteiger partial charge on any atom is 0.264 e. The smallest absolute Gasteiger partial charge is 0.264 e. The minimum Gasteiger partial charge on any atom is -0.280 e. The molecular weight excluding hydrogens is 439 g/mol. The number of aryl methyl sites for hydroxylation is 2. The number of sulfonamides is 2. The Morgan fingerprint density at radius 2 is 1.39 bits per heavy atom. The molecule has 3 aromatic carbocycles. The summed E-state index contributed by atoms with van der Waals surface area (Å²) < 4.78 is 68.9. The maximum absolute atomic E-state index is 13.2.